The second-order valence-corrected chi connectivity index (χ2v) is 4.96. The van der Waals surface area contributed by atoms with Crippen molar-refractivity contribution in [2.24, 2.45) is 5.41 Å². The summed E-state index contributed by atoms with van der Waals surface area (Å²) < 4.78 is 0. The number of nitrogens with zero attached hydrogens (tertiary/aromatic N) is 1. The van der Waals surface area contributed by atoms with Crippen LogP contribution in [0.25, 0.3) is 0 Å². The van der Waals surface area contributed by atoms with Crippen molar-refractivity contribution in [2.45, 2.75) is 34.1 Å². The van der Waals surface area contributed by atoms with E-state index in [-0.39, 0.29) is 22.6 Å². The van der Waals surface area contributed by atoms with E-state index in [9.17, 15) is 9.90 Å². The third-order valence-electron chi connectivity index (χ3n) is 1.98. The summed E-state index contributed by atoms with van der Waals surface area (Å²) in [5, 5.41) is 9.42. The lowest BCUT2D eigenvalue weighted by atomic mass is 9.90. The van der Waals surface area contributed by atoms with Gasteiger partial charge >= 0.3 is 0 Å². The van der Waals surface area contributed by atoms with E-state index in [1.54, 1.807) is 6.07 Å². The van der Waals surface area contributed by atoms with E-state index in [1.165, 1.54) is 13.0 Å². The van der Waals surface area contributed by atoms with Gasteiger partial charge in [0, 0.05) is 12.6 Å². The van der Waals surface area contributed by atoms with Gasteiger partial charge in [-0.2, -0.15) is 0 Å². The molecule has 0 aliphatic heterocycles. The maximum absolute atomic E-state index is 11.2. The highest BCUT2D eigenvalue weighted by Crippen LogP contribution is 2.22. The van der Waals surface area contributed by atoms with E-state index in [0.29, 0.717) is 0 Å². The van der Waals surface area contributed by atoms with Crippen LogP contribution < -0.4 is 0 Å². The van der Waals surface area contributed by atoms with Crippen molar-refractivity contribution in [1.82, 2.24) is 4.98 Å². The summed E-state index contributed by atoms with van der Waals surface area (Å²) >= 11 is 0. The molecule has 82 valence electrons. The summed E-state index contributed by atoms with van der Waals surface area (Å²) in [5.74, 6) is -0.247. The lowest BCUT2D eigenvalue weighted by Crippen LogP contribution is -2.11. The summed E-state index contributed by atoms with van der Waals surface area (Å²) in [7, 11) is 0. The van der Waals surface area contributed by atoms with Gasteiger partial charge in [0.25, 0.3) is 0 Å². The second kappa shape index (κ2) is 4.01. The molecule has 0 saturated heterocycles. The van der Waals surface area contributed by atoms with E-state index < -0.39 is 0 Å². The molecule has 1 rings (SSSR count). The fourth-order valence-corrected chi connectivity index (χ4v) is 1.39. The number of ketones is 1. The van der Waals surface area contributed by atoms with Crippen molar-refractivity contribution in [3.05, 3.63) is 23.5 Å². The zero-order valence-electron chi connectivity index (χ0n) is 9.66. The van der Waals surface area contributed by atoms with Crippen molar-refractivity contribution < 1.29 is 9.90 Å². The van der Waals surface area contributed by atoms with Crippen molar-refractivity contribution in [3.63, 3.8) is 0 Å². The number of Topliss-reactive ketones (excluding diaryl/α,β-unsaturated/α-hetero) is 1. The molecule has 0 saturated carbocycles. The van der Waals surface area contributed by atoms with Crippen LogP contribution in [0.3, 0.4) is 0 Å². The number of aromatic nitrogens is 1. The first kappa shape index (κ1) is 11.7. The number of pyridine rings is 1. The lowest BCUT2D eigenvalue weighted by molar-refractivity contribution is 0.101. The minimum absolute atomic E-state index is 0.0415. The van der Waals surface area contributed by atoms with Gasteiger partial charge < -0.3 is 5.11 Å². The Labute approximate surface area is 90.2 Å². The van der Waals surface area contributed by atoms with E-state index in [1.807, 2.05) is 0 Å². The molecule has 1 heterocycles. The van der Waals surface area contributed by atoms with Gasteiger partial charge in [-0.15, -0.1) is 0 Å². The number of aromatic hydroxyl groups is 1. The summed E-state index contributed by atoms with van der Waals surface area (Å²) in [6.07, 6.45) is 0.785. The highest BCUT2D eigenvalue weighted by molar-refractivity contribution is 5.94. The Bertz CT molecular complexity index is 378. The molecular formula is C12H17NO2. The maximum Gasteiger partial charge on any atom is 0.181 e. The fourth-order valence-electron chi connectivity index (χ4n) is 1.39. The number of hydrogen-bond acceptors (Lipinski definition) is 3. The van der Waals surface area contributed by atoms with Gasteiger partial charge in [0.15, 0.2) is 5.78 Å². The molecule has 1 N–H and O–H groups in total. The number of hydrogen-bond donors (Lipinski definition) is 1. The Hall–Kier alpha value is -1.38. The van der Waals surface area contributed by atoms with Crippen LogP contribution in [-0.4, -0.2) is 15.9 Å². The molecule has 0 radical (unpaired) electrons. The van der Waals surface area contributed by atoms with Crippen LogP contribution in [0.2, 0.25) is 0 Å². The van der Waals surface area contributed by atoms with Gasteiger partial charge in [0.1, 0.15) is 11.4 Å². The van der Waals surface area contributed by atoms with E-state index in [4.69, 9.17) is 0 Å². The monoisotopic (exact) mass is 207 g/mol. The molecular weight excluding hydrogens is 190 g/mol. The molecule has 0 spiro atoms. The Morgan fingerprint density at radius 1 is 1.40 bits per heavy atom. The standard InChI is InChI=1S/C12H17NO2/c1-8(14)11-10(15)6-5-9(13-11)7-12(2,3)4/h5-6,15H,7H2,1-4H3. The molecule has 0 aromatic carbocycles. The van der Waals surface area contributed by atoms with Crippen LogP contribution in [0, 0.1) is 5.41 Å². The van der Waals surface area contributed by atoms with Gasteiger partial charge in [-0.1, -0.05) is 20.8 Å². The Balaban J connectivity index is 3.03. The smallest absolute Gasteiger partial charge is 0.181 e. The lowest BCUT2D eigenvalue weighted by Gasteiger charge is -2.17. The minimum atomic E-state index is -0.205. The summed E-state index contributed by atoms with van der Waals surface area (Å²) in [6.45, 7) is 7.72. The van der Waals surface area contributed by atoms with Crippen LogP contribution >= 0.6 is 0 Å². The SMILES string of the molecule is CC(=O)c1nc(CC(C)(C)C)ccc1O. The van der Waals surface area contributed by atoms with Crippen LogP contribution in [0.5, 0.6) is 5.75 Å². The number of carbonyl (C=O) groups is 1. The molecule has 15 heavy (non-hydrogen) atoms. The van der Waals surface area contributed by atoms with E-state index in [0.717, 1.165) is 12.1 Å². The molecule has 1 aromatic heterocycles. The summed E-state index contributed by atoms with van der Waals surface area (Å²) in [6, 6.07) is 3.29. The molecule has 1 aromatic rings. The van der Waals surface area contributed by atoms with Crippen LogP contribution in [0.4, 0.5) is 0 Å². The first-order valence-electron chi connectivity index (χ1n) is 4.99. The molecule has 0 bridgehead atoms. The maximum atomic E-state index is 11.2. The van der Waals surface area contributed by atoms with Crippen LogP contribution in [-0.2, 0) is 6.42 Å². The molecule has 0 fully saturated rings. The highest BCUT2D eigenvalue weighted by Gasteiger charge is 2.15. The molecule has 0 aliphatic carbocycles. The van der Waals surface area contributed by atoms with Crippen molar-refractivity contribution in [1.29, 1.82) is 0 Å². The van der Waals surface area contributed by atoms with Gasteiger partial charge in [0.05, 0.1) is 0 Å². The zero-order chi connectivity index (χ0) is 11.6. The zero-order valence-corrected chi connectivity index (χ0v) is 9.66. The van der Waals surface area contributed by atoms with Gasteiger partial charge in [-0.25, -0.2) is 4.98 Å². The minimum Gasteiger partial charge on any atom is -0.506 e. The summed E-state index contributed by atoms with van der Waals surface area (Å²) in [5.41, 5.74) is 1.13. The second-order valence-electron chi connectivity index (χ2n) is 4.96. The van der Waals surface area contributed by atoms with Gasteiger partial charge in [-0.05, 0) is 24.0 Å². The average Bonchev–Trinajstić information content (AvgIpc) is 2.05. The quantitative estimate of drug-likeness (QED) is 0.758. The summed E-state index contributed by atoms with van der Waals surface area (Å²) in [4.78, 5) is 15.3. The molecule has 0 amide bonds. The molecule has 3 heteroatoms. The van der Waals surface area contributed by atoms with Crippen molar-refractivity contribution >= 4 is 5.78 Å². The molecule has 0 aliphatic rings. The Morgan fingerprint density at radius 3 is 2.47 bits per heavy atom. The number of rotatable bonds is 2. The first-order chi connectivity index (χ1) is 6.79. The van der Waals surface area contributed by atoms with E-state index >= 15 is 0 Å². The van der Waals surface area contributed by atoms with Gasteiger partial charge in [-0.3, -0.25) is 4.79 Å². The van der Waals surface area contributed by atoms with Crippen molar-refractivity contribution in [3.8, 4) is 5.75 Å². The first-order valence-corrected chi connectivity index (χ1v) is 4.99. The Kier molecular flexibility index (Phi) is 3.12. The molecule has 3 nitrogen and oxygen atoms in total. The van der Waals surface area contributed by atoms with Gasteiger partial charge in [0.2, 0.25) is 0 Å². The fraction of sp³-hybridized carbons (Fsp3) is 0.500. The largest absolute Gasteiger partial charge is 0.506 e. The normalized spacial score (nSPS) is 11.5. The predicted molar refractivity (Wildman–Crippen MR) is 59.1 cm³/mol. The Morgan fingerprint density at radius 2 is 2.00 bits per heavy atom. The van der Waals surface area contributed by atoms with Crippen molar-refractivity contribution in [2.75, 3.05) is 0 Å². The topological polar surface area (TPSA) is 50.2 Å². The molecule has 0 atom stereocenters. The van der Waals surface area contributed by atoms with E-state index in [2.05, 4.69) is 25.8 Å². The van der Waals surface area contributed by atoms with Crippen LogP contribution in [0.1, 0.15) is 43.9 Å². The number of carbonyl (C=O) groups excluding carboxylic acids is 1. The highest BCUT2D eigenvalue weighted by atomic mass is 16.3. The van der Waals surface area contributed by atoms with Crippen LogP contribution in [0.15, 0.2) is 12.1 Å². The molecule has 0 unspecified atom stereocenters. The predicted octanol–water partition coefficient (Wildman–Crippen LogP) is 2.58. The average molecular weight is 207 g/mol. The third-order valence-corrected chi connectivity index (χ3v) is 1.98. The third kappa shape index (κ3) is 3.35.